The molecule has 2 heterocycles. The van der Waals surface area contributed by atoms with E-state index in [1.54, 1.807) is 11.8 Å². The molecule has 2 aliphatic heterocycles. The van der Waals surface area contributed by atoms with Crippen LogP contribution in [0.15, 0.2) is 64.5 Å². The van der Waals surface area contributed by atoms with Crippen molar-refractivity contribution >= 4 is 22.6 Å². The third-order valence-electron chi connectivity index (χ3n) is 3.59. The van der Waals surface area contributed by atoms with Crippen molar-refractivity contribution in [2.45, 2.75) is 17.4 Å². The van der Waals surface area contributed by atoms with E-state index in [0.717, 1.165) is 13.0 Å². The topological polar surface area (TPSA) is 15.6 Å². The Morgan fingerprint density at radius 3 is 2.74 bits per heavy atom. The van der Waals surface area contributed by atoms with Crippen molar-refractivity contribution in [1.82, 2.24) is 0 Å². The molecule has 0 amide bonds. The van der Waals surface area contributed by atoms with Gasteiger partial charge < -0.3 is 4.90 Å². The van der Waals surface area contributed by atoms with Gasteiger partial charge in [-0.2, -0.15) is 0 Å². The van der Waals surface area contributed by atoms with Gasteiger partial charge in [-0.25, -0.2) is 0 Å². The Morgan fingerprint density at radius 2 is 1.84 bits per heavy atom. The molecule has 0 saturated heterocycles. The first-order valence-corrected chi connectivity index (χ1v) is 7.38. The van der Waals surface area contributed by atoms with Gasteiger partial charge in [0, 0.05) is 11.4 Å². The molecule has 0 aliphatic carbocycles. The summed E-state index contributed by atoms with van der Waals surface area (Å²) >= 11 is 1.80. The molecule has 0 radical (unpaired) electrons. The number of anilines is 1. The number of thioether (sulfide) groups is 1. The van der Waals surface area contributed by atoms with Crippen LogP contribution in [-0.4, -0.2) is 17.8 Å². The lowest BCUT2D eigenvalue weighted by Crippen LogP contribution is -2.25. The predicted octanol–water partition coefficient (Wildman–Crippen LogP) is 3.58. The third-order valence-corrected chi connectivity index (χ3v) is 4.66. The maximum Gasteiger partial charge on any atom is 0.169 e. The summed E-state index contributed by atoms with van der Waals surface area (Å²) in [5.41, 5.74) is 2.69. The Labute approximate surface area is 117 Å². The molecule has 3 heteroatoms. The minimum absolute atomic E-state index is 0.387. The number of amidine groups is 1. The molecule has 0 bridgehead atoms. The largest absolute Gasteiger partial charge is 0.318 e. The lowest BCUT2D eigenvalue weighted by atomic mass is 10.1. The summed E-state index contributed by atoms with van der Waals surface area (Å²) in [5.74, 6) is 0. The first-order chi connectivity index (χ1) is 9.40. The average molecular weight is 266 g/mol. The third kappa shape index (κ3) is 1.94. The van der Waals surface area contributed by atoms with E-state index in [-0.39, 0.29) is 0 Å². The van der Waals surface area contributed by atoms with Gasteiger partial charge in [-0.15, -0.1) is 0 Å². The second kappa shape index (κ2) is 4.42. The Hall–Kier alpha value is -1.74. The van der Waals surface area contributed by atoms with Crippen molar-refractivity contribution in [3.05, 3.63) is 60.2 Å². The van der Waals surface area contributed by atoms with E-state index >= 15 is 0 Å². The lowest BCUT2D eigenvalue weighted by Gasteiger charge is -2.14. The highest BCUT2D eigenvalue weighted by molar-refractivity contribution is 8.14. The first kappa shape index (κ1) is 11.1. The van der Waals surface area contributed by atoms with Crippen molar-refractivity contribution in [3.63, 3.8) is 0 Å². The summed E-state index contributed by atoms with van der Waals surface area (Å²) in [5, 5.41) is 1.17. The SMILES string of the molecule is c1ccc(C[C@H]2CN3C(=N2)Sc2ccccc23)cc1. The van der Waals surface area contributed by atoms with Crippen LogP contribution >= 0.6 is 11.8 Å². The minimum Gasteiger partial charge on any atom is -0.318 e. The van der Waals surface area contributed by atoms with Crippen LogP contribution in [0.1, 0.15) is 5.56 Å². The van der Waals surface area contributed by atoms with Crippen LogP contribution < -0.4 is 4.90 Å². The van der Waals surface area contributed by atoms with E-state index in [4.69, 9.17) is 4.99 Å². The first-order valence-electron chi connectivity index (χ1n) is 6.56. The minimum atomic E-state index is 0.387. The molecular formula is C16H14N2S. The average Bonchev–Trinajstić information content (AvgIpc) is 2.97. The van der Waals surface area contributed by atoms with E-state index in [1.807, 2.05) is 0 Å². The standard InChI is InChI=1S/C16H14N2S/c1-2-6-12(7-3-1)10-13-11-18-14-8-4-5-9-15(14)19-16(18)17-13/h1-9,13H,10-11H2/t13-/m0/s1. The van der Waals surface area contributed by atoms with Crippen molar-refractivity contribution in [1.29, 1.82) is 0 Å². The zero-order valence-electron chi connectivity index (χ0n) is 10.5. The fourth-order valence-corrected chi connectivity index (χ4v) is 3.81. The van der Waals surface area contributed by atoms with E-state index < -0.39 is 0 Å². The van der Waals surface area contributed by atoms with Gasteiger partial charge in [0.15, 0.2) is 5.17 Å². The number of hydrogen-bond donors (Lipinski definition) is 0. The summed E-state index contributed by atoms with van der Waals surface area (Å²) in [6.45, 7) is 1.01. The molecule has 2 aromatic carbocycles. The molecule has 2 aliphatic rings. The molecule has 0 fully saturated rings. The number of rotatable bonds is 2. The highest BCUT2D eigenvalue weighted by Gasteiger charge is 2.33. The molecule has 19 heavy (non-hydrogen) atoms. The number of aliphatic imine (C=N–C) groups is 1. The van der Waals surface area contributed by atoms with Gasteiger partial charge in [-0.1, -0.05) is 42.5 Å². The quantitative estimate of drug-likeness (QED) is 0.825. The Balaban J connectivity index is 1.55. The van der Waals surface area contributed by atoms with Gasteiger partial charge in [0.1, 0.15) is 0 Å². The highest BCUT2D eigenvalue weighted by atomic mass is 32.2. The number of hydrogen-bond acceptors (Lipinski definition) is 3. The van der Waals surface area contributed by atoms with Crippen LogP contribution in [0.4, 0.5) is 5.69 Å². The zero-order chi connectivity index (χ0) is 12.7. The van der Waals surface area contributed by atoms with Crippen molar-refractivity contribution in [2.75, 3.05) is 11.4 Å². The number of fused-ring (bicyclic) bond motifs is 3. The summed E-state index contributed by atoms with van der Waals surface area (Å²) in [4.78, 5) is 8.55. The van der Waals surface area contributed by atoms with Crippen LogP contribution in [0.5, 0.6) is 0 Å². The Bertz CT molecular complexity index is 636. The molecule has 0 unspecified atom stereocenters. The molecule has 2 aromatic rings. The molecule has 1 atom stereocenters. The van der Waals surface area contributed by atoms with E-state index in [9.17, 15) is 0 Å². The Kier molecular flexibility index (Phi) is 2.59. The highest BCUT2D eigenvalue weighted by Crippen LogP contribution is 2.42. The van der Waals surface area contributed by atoms with Crippen molar-refractivity contribution in [2.24, 2.45) is 4.99 Å². The second-order valence-corrected chi connectivity index (χ2v) is 5.94. The van der Waals surface area contributed by atoms with E-state index in [0.29, 0.717) is 6.04 Å². The molecule has 0 spiro atoms. The summed E-state index contributed by atoms with van der Waals surface area (Å²) < 4.78 is 0. The molecule has 2 nitrogen and oxygen atoms in total. The maximum absolute atomic E-state index is 4.87. The van der Waals surface area contributed by atoms with Crippen molar-refractivity contribution in [3.8, 4) is 0 Å². The van der Waals surface area contributed by atoms with Gasteiger partial charge >= 0.3 is 0 Å². The predicted molar refractivity (Wildman–Crippen MR) is 81.0 cm³/mol. The van der Waals surface area contributed by atoms with Crippen LogP contribution in [0.3, 0.4) is 0 Å². The van der Waals surface area contributed by atoms with Gasteiger partial charge in [0.25, 0.3) is 0 Å². The summed E-state index contributed by atoms with van der Waals surface area (Å²) in [6.07, 6.45) is 1.03. The smallest absolute Gasteiger partial charge is 0.169 e. The number of para-hydroxylation sites is 1. The van der Waals surface area contributed by atoms with Crippen LogP contribution in [0.25, 0.3) is 0 Å². The summed E-state index contributed by atoms with van der Waals surface area (Å²) in [6, 6.07) is 19.6. The van der Waals surface area contributed by atoms with Crippen molar-refractivity contribution < 1.29 is 0 Å². The normalized spacial score (nSPS) is 20.1. The van der Waals surface area contributed by atoms with E-state index in [2.05, 4.69) is 59.5 Å². The summed E-state index contributed by atoms with van der Waals surface area (Å²) in [7, 11) is 0. The molecule has 4 rings (SSSR count). The number of benzene rings is 2. The molecular weight excluding hydrogens is 252 g/mol. The van der Waals surface area contributed by atoms with Crippen LogP contribution in [0, 0.1) is 0 Å². The lowest BCUT2D eigenvalue weighted by molar-refractivity contribution is 0.712. The van der Waals surface area contributed by atoms with Gasteiger partial charge in [0.05, 0.1) is 11.7 Å². The second-order valence-electron chi connectivity index (χ2n) is 4.94. The Morgan fingerprint density at radius 1 is 1.05 bits per heavy atom. The van der Waals surface area contributed by atoms with E-state index in [1.165, 1.54) is 21.3 Å². The zero-order valence-corrected chi connectivity index (χ0v) is 11.3. The molecule has 0 saturated carbocycles. The molecule has 0 N–H and O–H groups in total. The fraction of sp³-hybridized carbons (Fsp3) is 0.188. The fourth-order valence-electron chi connectivity index (χ4n) is 2.70. The van der Waals surface area contributed by atoms with Crippen LogP contribution in [0.2, 0.25) is 0 Å². The molecule has 94 valence electrons. The van der Waals surface area contributed by atoms with Crippen LogP contribution in [-0.2, 0) is 6.42 Å². The monoisotopic (exact) mass is 266 g/mol. The molecule has 0 aromatic heterocycles. The number of nitrogens with zero attached hydrogens (tertiary/aromatic N) is 2. The van der Waals surface area contributed by atoms with Gasteiger partial charge in [0.2, 0.25) is 0 Å². The maximum atomic E-state index is 4.87. The van der Waals surface area contributed by atoms with Gasteiger partial charge in [-0.05, 0) is 35.9 Å². The van der Waals surface area contributed by atoms with Gasteiger partial charge in [-0.3, -0.25) is 4.99 Å².